The first-order valence-corrected chi connectivity index (χ1v) is 12.6. The highest BCUT2D eigenvalue weighted by atomic mass is 19.4. The fraction of sp³-hybridized carbons (Fsp3) is 0.519. The number of nitrogens with one attached hydrogen (secondary N) is 2. The molecule has 1 aliphatic heterocycles. The third-order valence-electron chi connectivity index (χ3n) is 6.10. The van der Waals surface area contributed by atoms with Gasteiger partial charge in [-0.3, -0.25) is 9.78 Å². The van der Waals surface area contributed by atoms with Crippen LogP contribution in [0.2, 0.25) is 0 Å². The molecule has 38 heavy (non-hydrogen) atoms. The van der Waals surface area contributed by atoms with E-state index in [0.717, 1.165) is 22.9 Å². The molecule has 0 radical (unpaired) electrons. The summed E-state index contributed by atoms with van der Waals surface area (Å²) in [7, 11) is 1.71. The molecule has 2 N–H and O–H groups in total. The minimum absolute atomic E-state index is 0.0916. The molecule has 0 unspecified atom stereocenters. The lowest BCUT2D eigenvalue weighted by Crippen LogP contribution is -2.40. The number of likely N-dealkylation sites (N-methyl/N-ethyl adjacent to an activating group) is 1. The Kier molecular flexibility index (Phi) is 9.59. The predicted molar refractivity (Wildman–Crippen MR) is 138 cm³/mol. The number of fused-ring (bicyclic) bond motifs is 1. The fourth-order valence-electron chi connectivity index (χ4n) is 4.12. The number of pyridine rings is 1. The van der Waals surface area contributed by atoms with E-state index < -0.39 is 11.7 Å². The van der Waals surface area contributed by atoms with Gasteiger partial charge in [0, 0.05) is 38.1 Å². The number of carbonyl (C=O) groups is 2. The summed E-state index contributed by atoms with van der Waals surface area (Å²) in [5, 5.41) is 6.09. The molecule has 0 bridgehead atoms. The maximum atomic E-state index is 13.5. The lowest BCUT2D eigenvalue weighted by molar-refractivity contribution is -0.140. The lowest BCUT2D eigenvalue weighted by atomic mass is 9.97. The van der Waals surface area contributed by atoms with Crippen LogP contribution in [-0.2, 0) is 35.2 Å². The number of ether oxygens (including phenoxy) is 1. The number of alkyl halides is 3. The summed E-state index contributed by atoms with van der Waals surface area (Å²) in [4.78, 5) is 32.5. The molecule has 0 atom stereocenters. The molecule has 0 aliphatic carbocycles. The second-order valence-electron chi connectivity index (χ2n) is 10.5. The van der Waals surface area contributed by atoms with Crippen LogP contribution in [0.3, 0.4) is 0 Å². The number of anilines is 1. The van der Waals surface area contributed by atoms with E-state index >= 15 is 0 Å². The van der Waals surface area contributed by atoms with E-state index in [0.29, 0.717) is 32.7 Å². The van der Waals surface area contributed by atoms with Crippen molar-refractivity contribution in [1.82, 2.24) is 20.1 Å². The summed E-state index contributed by atoms with van der Waals surface area (Å²) in [6.45, 7) is 7.50. The van der Waals surface area contributed by atoms with Crippen LogP contribution in [0.5, 0.6) is 0 Å². The number of amides is 2. The highest BCUT2D eigenvalue weighted by molar-refractivity contribution is 5.81. The largest absolute Gasteiger partial charge is 0.449 e. The van der Waals surface area contributed by atoms with Crippen molar-refractivity contribution in [2.75, 3.05) is 45.2 Å². The fourth-order valence-corrected chi connectivity index (χ4v) is 4.12. The molecule has 0 saturated heterocycles. The Morgan fingerprint density at radius 2 is 1.92 bits per heavy atom. The quantitative estimate of drug-likeness (QED) is 0.498. The summed E-state index contributed by atoms with van der Waals surface area (Å²) in [5.41, 5.74) is 1.56. The topological polar surface area (TPSA) is 86.8 Å². The molecule has 0 fully saturated rings. The highest BCUT2D eigenvalue weighted by Gasteiger charge is 2.34. The van der Waals surface area contributed by atoms with E-state index in [2.05, 4.69) is 15.6 Å². The molecule has 208 valence electrons. The highest BCUT2D eigenvalue weighted by Crippen LogP contribution is 2.31. The van der Waals surface area contributed by atoms with Crippen LogP contribution in [0.4, 0.5) is 23.7 Å². The standard InChI is InChI=1S/C27H36F3N5O3/c1-26(2,3)18-38-25(37)35-13-10-20-19(16-35)7-5-9-22(20)33-15-24(36)34(14-12-31-4)17-23-21(27(28,29)30)8-6-11-32-23/h5-9,11,31,33H,10,12-18H2,1-4H3. The van der Waals surface area contributed by atoms with Gasteiger partial charge in [0.1, 0.15) is 0 Å². The van der Waals surface area contributed by atoms with Gasteiger partial charge in [0.25, 0.3) is 0 Å². The zero-order valence-corrected chi connectivity index (χ0v) is 22.3. The maximum absolute atomic E-state index is 13.5. The first-order chi connectivity index (χ1) is 17.9. The zero-order chi connectivity index (χ0) is 27.9. The van der Waals surface area contributed by atoms with Gasteiger partial charge in [-0.25, -0.2) is 4.79 Å². The minimum Gasteiger partial charge on any atom is -0.449 e. The Morgan fingerprint density at radius 1 is 1.16 bits per heavy atom. The van der Waals surface area contributed by atoms with Gasteiger partial charge < -0.3 is 25.2 Å². The van der Waals surface area contributed by atoms with E-state index in [1.165, 1.54) is 17.2 Å². The van der Waals surface area contributed by atoms with Crippen molar-refractivity contribution >= 4 is 17.7 Å². The Bertz CT molecular complexity index is 1120. The summed E-state index contributed by atoms with van der Waals surface area (Å²) in [6, 6.07) is 7.85. The zero-order valence-electron chi connectivity index (χ0n) is 22.3. The van der Waals surface area contributed by atoms with Crippen molar-refractivity contribution < 1.29 is 27.5 Å². The monoisotopic (exact) mass is 535 g/mol. The first kappa shape index (κ1) is 29.2. The van der Waals surface area contributed by atoms with E-state index in [9.17, 15) is 22.8 Å². The molecular weight excluding hydrogens is 499 g/mol. The SMILES string of the molecule is CNCCN(Cc1ncccc1C(F)(F)F)C(=O)CNc1cccc2c1CCN(C(=O)OCC(C)(C)C)C2. The Balaban J connectivity index is 1.67. The van der Waals surface area contributed by atoms with Gasteiger partial charge in [0.2, 0.25) is 5.91 Å². The molecule has 2 heterocycles. The second kappa shape index (κ2) is 12.5. The minimum atomic E-state index is -4.56. The van der Waals surface area contributed by atoms with Crippen LogP contribution in [0.15, 0.2) is 36.5 Å². The number of nitrogens with zero attached hydrogens (tertiary/aromatic N) is 3. The number of aromatic nitrogens is 1. The van der Waals surface area contributed by atoms with E-state index in [1.54, 1.807) is 11.9 Å². The van der Waals surface area contributed by atoms with Crippen molar-refractivity contribution in [2.45, 2.75) is 46.5 Å². The van der Waals surface area contributed by atoms with E-state index in [1.807, 2.05) is 39.0 Å². The van der Waals surface area contributed by atoms with Crippen LogP contribution in [0.1, 0.15) is 43.2 Å². The Morgan fingerprint density at radius 3 is 2.61 bits per heavy atom. The summed E-state index contributed by atoms with van der Waals surface area (Å²) < 4.78 is 45.8. The first-order valence-electron chi connectivity index (χ1n) is 12.6. The van der Waals surface area contributed by atoms with Gasteiger partial charge in [-0.05, 0) is 48.2 Å². The Labute approximate surface area is 221 Å². The molecule has 2 aromatic rings. The van der Waals surface area contributed by atoms with Crippen molar-refractivity contribution in [1.29, 1.82) is 0 Å². The van der Waals surface area contributed by atoms with Gasteiger partial charge >= 0.3 is 12.3 Å². The van der Waals surface area contributed by atoms with Crippen molar-refractivity contribution in [2.24, 2.45) is 5.41 Å². The van der Waals surface area contributed by atoms with Crippen LogP contribution in [0.25, 0.3) is 0 Å². The average molecular weight is 536 g/mol. The smallest absolute Gasteiger partial charge is 0.418 e. The maximum Gasteiger partial charge on any atom is 0.418 e. The van der Waals surface area contributed by atoms with Crippen LogP contribution < -0.4 is 10.6 Å². The third kappa shape index (κ3) is 8.08. The second-order valence-corrected chi connectivity index (χ2v) is 10.5. The molecule has 11 heteroatoms. The summed E-state index contributed by atoms with van der Waals surface area (Å²) >= 11 is 0. The molecule has 1 aliphatic rings. The Hall–Kier alpha value is -3.34. The van der Waals surface area contributed by atoms with Gasteiger partial charge in [-0.15, -0.1) is 0 Å². The van der Waals surface area contributed by atoms with E-state index in [-0.39, 0.29) is 42.7 Å². The molecule has 0 saturated carbocycles. The number of benzene rings is 1. The number of carbonyl (C=O) groups excluding carboxylic acids is 2. The van der Waals surface area contributed by atoms with Gasteiger partial charge in [-0.2, -0.15) is 13.2 Å². The molecule has 1 aromatic heterocycles. The molecule has 8 nitrogen and oxygen atoms in total. The number of halogens is 3. The van der Waals surface area contributed by atoms with Crippen molar-refractivity contribution in [3.05, 3.63) is 58.9 Å². The molecule has 0 spiro atoms. The van der Waals surface area contributed by atoms with Crippen molar-refractivity contribution in [3.63, 3.8) is 0 Å². The average Bonchev–Trinajstić information content (AvgIpc) is 2.87. The van der Waals surface area contributed by atoms with Crippen LogP contribution >= 0.6 is 0 Å². The predicted octanol–water partition coefficient (Wildman–Crippen LogP) is 4.30. The summed E-state index contributed by atoms with van der Waals surface area (Å²) in [6.07, 6.45) is -3.03. The molecule has 1 aromatic carbocycles. The number of hydrogen-bond donors (Lipinski definition) is 2. The molecule has 2 amide bonds. The number of hydrogen-bond acceptors (Lipinski definition) is 6. The molecule has 3 rings (SSSR count). The summed E-state index contributed by atoms with van der Waals surface area (Å²) in [5.74, 6) is -0.347. The van der Waals surface area contributed by atoms with Gasteiger partial charge in [0.15, 0.2) is 0 Å². The van der Waals surface area contributed by atoms with Gasteiger partial charge in [0.05, 0.1) is 31.0 Å². The third-order valence-corrected chi connectivity index (χ3v) is 6.10. The lowest BCUT2D eigenvalue weighted by Gasteiger charge is -2.31. The molecular formula is C27H36F3N5O3. The van der Waals surface area contributed by atoms with Gasteiger partial charge in [-0.1, -0.05) is 32.9 Å². The number of rotatable bonds is 9. The van der Waals surface area contributed by atoms with Crippen LogP contribution in [0, 0.1) is 5.41 Å². The van der Waals surface area contributed by atoms with Crippen LogP contribution in [-0.4, -0.2) is 66.6 Å². The normalized spacial score (nSPS) is 13.6. The van der Waals surface area contributed by atoms with Crippen molar-refractivity contribution in [3.8, 4) is 0 Å². The van der Waals surface area contributed by atoms with E-state index in [4.69, 9.17) is 4.74 Å².